The Balaban J connectivity index is 1.61. The van der Waals surface area contributed by atoms with E-state index in [4.69, 9.17) is 9.15 Å². The van der Waals surface area contributed by atoms with Crippen molar-refractivity contribution in [3.8, 4) is 0 Å². The number of carbonyl (C=O) groups excluding carboxylic acids is 2. The van der Waals surface area contributed by atoms with Gasteiger partial charge >= 0.3 is 0 Å². The lowest BCUT2D eigenvalue weighted by atomic mass is 10.1. The van der Waals surface area contributed by atoms with Crippen molar-refractivity contribution >= 4 is 17.5 Å². The van der Waals surface area contributed by atoms with Crippen molar-refractivity contribution in [1.29, 1.82) is 0 Å². The molecule has 0 spiro atoms. The molecule has 1 aliphatic rings. The van der Waals surface area contributed by atoms with E-state index < -0.39 is 0 Å². The first-order valence-electron chi connectivity index (χ1n) is 9.09. The number of ether oxygens (including phenoxy) is 1. The van der Waals surface area contributed by atoms with Crippen LogP contribution >= 0.6 is 0 Å². The van der Waals surface area contributed by atoms with E-state index in [0.29, 0.717) is 11.3 Å². The highest BCUT2D eigenvalue weighted by Crippen LogP contribution is 2.18. The van der Waals surface area contributed by atoms with Gasteiger partial charge in [-0.1, -0.05) is 6.07 Å². The third-order valence-corrected chi connectivity index (χ3v) is 4.51. The summed E-state index contributed by atoms with van der Waals surface area (Å²) in [6.07, 6.45) is 1.45. The van der Waals surface area contributed by atoms with Crippen molar-refractivity contribution in [3.63, 3.8) is 0 Å². The number of hydrogen-bond acceptors (Lipinski definition) is 5. The normalized spacial score (nSPS) is 15.9. The molecule has 2 N–H and O–H groups in total. The molecule has 2 heterocycles. The number of hydrogen-bond donors (Lipinski definition) is 2. The molecule has 1 aliphatic heterocycles. The molecule has 0 radical (unpaired) electrons. The van der Waals surface area contributed by atoms with Gasteiger partial charge in [0.05, 0.1) is 19.5 Å². The van der Waals surface area contributed by atoms with Gasteiger partial charge in [-0.15, -0.1) is 0 Å². The van der Waals surface area contributed by atoms with Crippen LogP contribution in [0.3, 0.4) is 0 Å². The van der Waals surface area contributed by atoms with Crippen LogP contribution in [0.15, 0.2) is 41.0 Å². The van der Waals surface area contributed by atoms with Crippen LogP contribution in [-0.4, -0.2) is 55.6 Å². The number of nitrogens with one attached hydrogen (secondary N) is 2. The summed E-state index contributed by atoms with van der Waals surface area (Å²) in [6, 6.07) is 8.52. The average Bonchev–Trinajstić information content (AvgIpc) is 3.19. The monoisotopic (exact) mass is 371 g/mol. The summed E-state index contributed by atoms with van der Waals surface area (Å²) in [5.41, 5.74) is 1.96. The summed E-state index contributed by atoms with van der Waals surface area (Å²) >= 11 is 0. The number of benzene rings is 1. The number of morpholine rings is 1. The molecule has 0 saturated carbocycles. The van der Waals surface area contributed by atoms with Gasteiger partial charge in [0, 0.05) is 36.9 Å². The Labute approximate surface area is 158 Å². The number of furan rings is 1. The topological polar surface area (TPSA) is 83.8 Å². The Bertz CT molecular complexity index is 783. The lowest BCUT2D eigenvalue weighted by Crippen LogP contribution is -2.46. The molecule has 0 aliphatic carbocycles. The lowest BCUT2D eigenvalue weighted by Gasteiger charge is -2.29. The molecule has 7 heteroatoms. The maximum Gasteiger partial charge on any atom is 0.291 e. The van der Waals surface area contributed by atoms with Crippen molar-refractivity contribution in [1.82, 2.24) is 10.2 Å². The maximum absolute atomic E-state index is 12.6. The Morgan fingerprint density at radius 2 is 1.96 bits per heavy atom. The first-order chi connectivity index (χ1) is 13.0. The largest absolute Gasteiger partial charge is 0.459 e. The predicted octanol–water partition coefficient (Wildman–Crippen LogP) is 2.29. The summed E-state index contributed by atoms with van der Waals surface area (Å²) < 4.78 is 10.4. The molecule has 1 fully saturated rings. The van der Waals surface area contributed by atoms with E-state index >= 15 is 0 Å². The van der Waals surface area contributed by atoms with E-state index in [2.05, 4.69) is 15.5 Å². The SMILES string of the molecule is Cc1ccc(C(=O)NC(C)CN2CCOCC2)cc1NC(=O)c1ccco1. The zero-order chi connectivity index (χ0) is 19.2. The van der Waals surface area contributed by atoms with Gasteiger partial charge in [-0.3, -0.25) is 14.5 Å². The summed E-state index contributed by atoms with van der Waals surface area (Å²) in [4.78, 5) is 27.1. The van der Waals surface area contributed by atoms with Crippen LogP contribution in [0, 0.1) is 6.92 Å². The minimum absolute atomic E-state index is 0.0121. The number of anilines is 1. The maximum atomic E-state index is 12.6. The van der Waals surface area contributed by atoms with E-state index in [1.165, 1.54) is 6.26 Å². The quantitative estimate of drug-likeness (QED) is 0.814. The number of carbonyl (C=O) groups is 2. The molecule has 1 aromatic heterocycles. The molecule has 0 bridgehead atoms. The Kier molecular flexibility index (Phi) is 6.26. The zero-order valence-electron chi connectivity index (χ0n) is 15.7. The molecule has 144 valence electrons. The number of aryl methyl sites for hydroxylation is 1. The van der Waals surface area contributed by atoms with Crippen molar-refractivity contribution in [3.05, 3.63) is 53.5 Å². The molecule has 1 atom stereocenters. The van der Waals surface area contributed by atoms with Crippen molar-refractivity contribution < 1.29 is 18.7 Å². The third kappa shape index (κ3) is 5.18. The Hall–Kier alpha value is -2.64. The molecular weight excluding hydrogens is 346 g/mol. The molecule has 1 saturated heterocycles. The van der Waals surface area contributed by atoms with Crippen molar-refractivity contribution in [2.75, 3.05) is 38.2 Å². The average molecular weight is 371 g/mol. The zero-order valence-corrected chi connectivity index (χ0v) is 15.7. The van der Waals surface area contributed by atoms with E-state index in [1.54, 1.807) is 24.3 Å². The van der Waals surface area contributed by atoms with Crippen LogP contribution < -0.4 is 10.6 Å². The highest BCUT2D eigenvalue weighted by atomic mass is 16.5. The minimum Gasteiger partial charge on any atom is -0.459 e. The van der Waals surface area contributed by atoms with Crippen molar-refractivity contribution in [2.45, 2.75) is 19.9 Å². The minimum atomic E-state index is -0.346. The molecule has 1 aromatic carbocycles. The van der Waals surface area contributed by atoms with Gasteiger partial charge in [0.1, 0.15) is 0 Å². The van der Waals surface area contributed by atoms with Gasteiger partial charge in [0.25, 0.3) is 11.8 Å². The van der Waals surface area contributed by atoms with Gasteiger partial charge in [-0.2, -0.15) is 0 Å². The molecule has 1 unspecified atom stereocenters. The molecule has 7 nitrogen and oxygen atoms in total. The molecule has 2 aromatic rings. The van der Waals surface area contributed by atoms with Crippen LogP contribution in [0.5, 0.6) is 0 Å². The summed E-state index contributed by atoms with van der Waals surface area (Å²) in [7, 11) is 0. The first-order valence-corrected chi connectivity index (χ1v) is 9.09. The highest BCUT2D eigenvalue weighted by molar-refractivity contribution is 6.03. The summed E-state index contributed by atoms with van der Waals surface area (Å²) in [6.45, 7) is 7.88. The first kappa shape index (κ1) is 19.1. The Morgan fingerprint density at radius 1 is 1.19 bits per heavy atom. The van der Waals surface area contributed by atoms with E-state index in [0.717, 1.165) is 38.4 Å². The second-order valence-electron chi connectivity index (χ2n) is 6.75. The van der Waals surface area contributed by atoms with Crippen LogP contribution in [-0.2, 0) is 4.74 Å². The van der Waals surface area contributed by atoms with Crippen LogP contribution in [0.1, 0.15) is 33.4 Å². The van der Waals surface area contributed by atoms with Gasteiger partial charge < -0.3 is 19.8 Å². The molecule has 27 heavy (non-hydrogen) atoms. The van der Waals surface area contributed by atoms with Gasteiger partial charge in [0.2, 0.25) is 0 Å². The summed E-state index contributed by atoms with van der Waals surface area (Å²) in [5, 5.41) is 5.81. The van der Waals surface area contributed by atoms with E-state index in [9.17, 15) is 9.59 Å². The van der Waals surface area contributed by atoms with Crippen molar-refractivity contribution in [2.24, 2.45) is 0 Å². The molecule has 3 rings (SSSR count). The fourth-order valence-corrected chi connectivity index (χ4v) is 3.01. The third-order valence-electron chi connectivity index (χ3n) is 4.51. The predicted molar refractivity (Wildman–Crippen MR) is 102 cm³/mol. The highest BCUT2D eigenvalue weighted by Gasteiger charge is 2.17. The van der Waals surface area contributed by atoms with E-state index in [1.807, 2.05) is 19.9 Å². The standard InChI is InChI=1S/C20H25N3O4/c1-14-5-6-16(12-17(14)22-20(25)18-4-3-9-27-18)19(24)21-15(2)13-23-7-10-26-11-8-23/h3-6,9,12,15H,7-8,10-11,13H2,1-2H3,(H,21,24)(H,22,25). The number of rotatable bonds is 6. The second kappa shape index (κ2) is 8.83. The van der Waals surface area contributed by atoms with Crippen LogP contribution in [0.25, 0.3) is 0 Å². The van der Waals surface area contributed by atoms with Gasteiger partial charge in [-0.25, -0.2) is 0 Å². The summed E-state index contributed by atoms with van der Waals surface area (Å²) in [5.74, 6) is -0.283. The molecular formula is C20H25N3O4. The van der Waals surface area contributed by atoms with Crippen LogP contribution in [0.2, 0.25) is 0 Å². The second-order valence-corrected chi connectivity index (χ2v) is 6.75. The lowest BCUT2D eigenvalue weighted by molar-refractivity contribution is 0.0342. The number of nitrogens with zero attached hydrogens (tertiary/aromatic N) is 1. The molecule has 2 amide bonds. The Morgan fingerprint density at radius 3 is 2.67 bits per heavy atom. The van der Waals surface area contributed by atoms with Crippen LogP contribution in [0.4, 0.5) is 5.69 Å². The fourth-order valence-electron chi connectivity index (χ4n) is 3.01. The smallest absolute Gasteiger partial charge is 0.291 e. The van der Waals surface area contributed by atoms with Gasteiger partial charge in [0.15, 0.2) is 5.76 Å². The fraction of sp³-hybridized carbons (Fsp3) is 0.400. The van der Waals surface area contributed by atoms with Gasteiger partial charge in [-0.05, 0) is 43.7 Å². The van der Waals surface area contributed by atoms with E-state index in [-0.39, 0.29) is 23.6 Å². The number of amides is 2.